The highest BCUT2D eigenvalue weighted by molar-refractivity contribution is 7.89. The van der Waals surface area contributed by atoms with E-state index in [1.165, 1.54) is 10.5 Å². The second-order valence-corrected chi connectivity index (χ2v) is 6.58. The maximum Gasteiger partial charge on any atom is 0.304 e. The third kappa shape index (κ3) is 2.79. The number of carboxylic acids is 1. The Labute approximate surface area is 111 Å². The number of H-pyrrole nitrogens is 1. The minimum atomic E-state index is -3.67. The molecule has 0 bridgehead atoms. The number of aromatic amines is 1. The molecule has 8 heteroatoms. The molecule has 1 aliphatic rings. The third-order valence-electron chi connectivity index (χ3n) is 3.35. The number of carboxylic acid groups (broad SMARTS) is 1. The molecule has 0 amide bonds. The highest BCUT2D eigenvalue weighted by atomic mass is 32.2. The van der Waals surface area contributed by atoms with E-state index in [4.69, 9.17) is 5.11 Å². The van der Waals surface area contributed by atoms with Crippen LogP contribution in [0.4, 0.5) is 0 Å². The van der Waals surface area contributed by atoms with E-state index in [-0.39, 0.29) is 11.3 Å². The lowest BCUT2D eigenvalue weighted by molar-refractivity contribution is -0.138. The Morgan fingerprint density at radius 1 is 1.58 bits per heavy atom. The molecule has 0 saturated carbocycles. The summed E-state index contributed by atoms with van der Waals surface area (Å²) in [5.41, 5.74) is 0.472. The summed E-state index contributed by atoms with van der Waals surface area (Å²) in [5.74, 6) is -0.976. The number of rotatable bonds is 4. The first kappa shape index (κ1) is 14.0. The van der Waals surface area contributed by atoms with Gasteiger partial charge in [-0.1, -0.05) is 6.42 Å². The first-order valence-electron chi connectivity index (χ1n) is 6.16. The molecular formula is C11H17N3O4S. The number of nitrogens with zero attached hydrogens (tertiary/aromatic N) is 2. The minimum absolute atomic E-state index is 0.129. The molecule has 0 radical (unpaired) electrons. The van der Waals surface area contributed by atoms with Crippen LogP contribution in [0.1, 0.15) is 31.4 Å². The highest BCUT2D eigenvalue weighted by Crippen LogP contribution is 2.27. The Hall–Kier alpha value is -1.41. The Kier molecular flexibility index (Phi) is 3.91. The number of nitrogens with one attached hydrogen (secondary N) is 1. The molecule has 1 aliphatic heterocycles. The molecule has 106 valence electrons. The van der Waals surface area contributed by atoms with Gasteiger partial charge in [0, 0.05) is 12.6 Å². The number of sulfonamides is 1. The zero-order valence-corrected chi connectivity index (χ0v) is 11.5. The number of piperidine rings is 1. The van der Waals surface area contributed by atoms with Gasteiger partial charge in [-0.3, -0.25) is 9.89 Å². The van der Waals surface area contributed by atoms with Crippen LogP contribution in [0.3, 0.4) is 0 Å². The largest absolute Gasteiger partial charge is 0.481 e. The number of hydrogen-bond donors (Lipinski definition) is 2. The quantitative estimate of drug-likeness (QED) is 0.850. The fraction of sp³-hybridized carbons (Fsp3) is 0.636. The van der Waals surface area contributed by atoms with Crippen LogP contribution in [-0.4, -0.2) is 46.6 Å². The Balaban J connectivity index is 2.32. The van der Waals surface area contributed by atoms with Crippen molar-refractivity contribution in [3.63, 3.8) is 0 Å². The van der Waals surface area contributed by atoms with E-state index in [0.717, 1.165) is 12.8 Å². The average molecular weight is 287 g/mol. The van der Waals surface area contributed by atoms with Crippen molar-refractivity contribution in [3.05, 3.63) is 11.9 Å². The number of aliphatic carboxylic acids is 1. The first-order valence-corrected chi connectivity index (χ1v) is 7.60. The lowest BCUT2D eigenvalue weighted by atomic mass is 10.0. The summed E-state index contributed by atoms with van der Waals surface area (Å²) in [7, 11) is -3.67. The summed E-state index contributed by atoms with van der Waals surface area (Å²) >= 11 is 0. The summed E-state index contributed by atoms with van der Waals surface area (Å²) in [6, 6.07) is -0.467. The van der Waals surface area contributed by atoms with E-state index in [2.05, 4.69) is 10.2 Å². The molecule has 0 aliphatic carbocycles. The Morgan fingerprint density at radius 3 is 2.89 bits per heavy atom. The van der Waals surface area contributed by atoms with Gasteiger partial charge in [0.05, 0.1) is 18.3 Å². The van der Waals surface area contributed by atoms with Crippen LogP contribution in [-0.2, 0) is 14.8 Å². The summed E-state index contributed by atoms with van der Waals surface area (Å²) in [6.45, 7) is 2.00. The van der Waals surface area contributed by atoms with E-state index in [0.29, 0.717) is 18.7 Å². The topological polar surface area (TPSA) is 103 Å². The molecule has 19 heavy (non-hydrogen) atoms. The van der Waals surface area contributed by atoms with Crippen LogP contribution in [0.5, 0.6) is 0 Å². The smallest absolute Gasteiger partial charge is 0.304 e. The van der Waals surface area contributed by atoms with E-state index in [9.17, 15) is 13.2 Å². The monoisotopic (exact) mass is 287 g/mol. The first-order chi connectivity index (χ1) is 8.93. The summed E-state index contributed by atoms with van der Waals surface area (Å²) in [5, 5.41) is 15.2. The van der Waals surface area contributed by atoms with Gasteiger partial charge in [0.25, 0.3) is 0 Å². The van der Waals surface area contributed by atoms with Crippen LogP contribution in [0.25, 0.3) is 0 Å². The number of aryl methyl sites for hydroxylation is 1. The second kappa shape index (κ2) is 5.30. The van der Waals surface area contributed by atoms with Crippen molar-refractivity contribution in [1.29, 1.82) is 0 Å². The number of carbonyl (C=O) groups is 1. The van der Waals surface area contributed by atoms with Gasteiger partial charge in [-0.05, 0) is 19.8 Å². The predicted octanol–water partition coefficient (Wildman–Crippen LogP) is 0.736. The molecule has 1 aromatic heterocycles. The molecule has 1 unspecified atom stereocenters. The molecule has 1 saturated heterocycles. The van der Waals surface area contributed by atoms with Gasteiger partial charge in [-0.25, -0.2) is 8.42 Å². The van der Waals surface area contributed by atoms with Gasteiger partial charge in [-0.15, -0.1) is 0 Å². The van der Waals surface area contributed by atoms with Crippen molar-refractivity contribution in [2.45, 2.75) is 43.5 Å². The molecule has 0 spiro atoms. The van der Waals surface area contributed by atoms with Gasteiger partial charge < -0.3 is 5.11 Å². The van der Waals surface area contributed by atoms with Crippen LogP contribution in [0.15, 0.2) is 11.1 Å². The maximum atomic E-state index is 12.5. The average Bonchev–Trinajstić information content (AvgIpc) is 2.76. The van der Waals surface area contributed by atoms with Crippen molar-refractivity contribution in [2.24, 2.45) is 0 Å². The lowest BCUT2D eigenvalue weighted by Crippen LogP contribution is -2.44. The summed E-state index contributed by atoms with van der Waals surface area (Å²) < 4.78 is 26.4. The van der Waals surface area contributed by atoms with Gasteiger partial charge in [0.2, 0.25) is 10.0 Å². The zero-order chi connectivity index (χ0) is 14.0. The standard InChI is InChI=1S/C11H17N3O4S/c1-8-10(7-12-13-8)19(17,18)14-5-3-2-4-9(14)6-11(15)16/h7,9H,2-6H2,1H3,(H,12,13)(H,15,16). The fourth-order valence-corrected chi connectivity index (χ4v) is 4.24. The predicted molar refractivity (Wildman–Crippen MR) is 67.1 cm³/mol. The molecule has 1 fully saturated rings. The van der Waals surface area contributed by atoms with Gasteiger partial charge in [0.1, 0.15) is 4.90 Å². The fourth-order valence-electron chi connectivity index (χ4n) is 2.42. The van der Waals surface area contributed by atoms with E-state index >= 15 is 0 Å². The van der Waals surface area contributed by atoms with Crippen molar-refractivity contribution < 1.29 is 18.3 Å². The number of hydrogen-bond acceptors (Lipinski definition) is 4. The lowest BCUT2D eigenvalue weighted by Gasteiger charge is -2.33. The SMILES string of the molecule is Cc1[nH]ncc1S(=O)(=O)N1CCCCC1CC(=O)O. The Bertz CT molecular complexity index is 566. The molecule has 1 aromatic rings. The van der Waals surface area contributed by atoms with E-state index < -0.39 is 22.0 Å². The van der Waals surface area contributed by atoms with Crippen LogP contribution < -0.4 is 0 Å². The van der Waals surface area contributed by atoms with Crippen molar-refractivity contribution >= 4 is 16.0 Å². The second-order valence-electron chi connectivity index (χ2n) is 4.72. The molecule has 2 rings (SSSR count). The summed E-state index contributed by atoms with van der Waals surface area (Å²) in [4.78, 5) is 11.0. The van der Waals surface area contributed by atoms with Crippen LogP contribution in [0, 0.1) is 6.92 Å². The molecule has 2 heterocycles. The normalized spacial score (nSPS) is 21.4. The maximum absolute atomic E-state index is 12.5. The van der Waals surface area contributed by atoms with Gasteiger partial charge in [0.15, 0.2) is 0 Å². The van der Waals surface area contributed by atoms with Crippen molar-refractivity contribution in [1.82, 2.24) is 14.5 Å². The summed E-state index contributed by atoms with van der Waals surface area (Å²) in [6.07, 6.45) is 3.32. The van der Waals surface area contributed by atoms with Crippen molar-refractivity contribution in [2.75, 3.05) is 6.54 Å². The Morgan fingerprint density at radius 2 is 2.32 bits per heavy atom. The van der Waals surface area contributed by atoms with E-state index in [1.807, 2.05) is 0 Å². The molecule has 0 aromatic carbocycles. The third-order valence-corrected chi connectivity index (χ3v) is 5.42. The van der Waals surface area contributed by atoms with Crippen LogP contribution >= 0.6 is 0 Å². The van der Waals surface area contributed by atoms with Gasteiger partial charge >= 0.3 is 5.97 Å². The highest BCUT2D eigenvalue weighted by Gasteiger charge is 2.35. The molecule has 7 nitrogen and oxygen atoms in total. The number of aromatic nitrogens is 2. The minimum Gasteiger partial charge on any atom is -0.481 e. The van der Waals surface area contributed by atoms with Gasteiger partial charge in [-0.2, -0.15) is 9.40 Å². The molecule has 2 N–H and O–H groups in total. The van der Waals surface area contributed by atoms with E-state index in [1.54, 1.807) is 6.92 Å². The molecular weight excluding hydrogens is 270 g/mol. The zero-order valence-electron chi connectivity index (χ0n) is 10.7. The van der Waals surface area contributed by atoms with Crippen LogP contribution in [0.2, 0.25) is 0 Å². The van der Waals surface area contributed by atoms with Crippen molar-refractivity contribution in [3.8, 4) is 0 Å². The molecule has 1 atom stereocenters.